The van der Waals surface area contributed by atoms with E-state index in [1.807, 2.05) is 0 Å². The lowest BCUT2D eigenvalue weighted by molar-refractivity contribution is -0.158. The third-order valence-electron chi connectivity index (χ3n) is 3.85. The fourth-order valence-electron chi connectivity index (χ4n) is 2.38. The van der Waals surface area contributed by atoms with Gasteiger partial charge in [-0.3, -0.25) is 19.8 Å². The molecule has 0 aromatic carbocycles. The summed E-state index contributed by atoms with van der Waals surface area (Å²) in [5.74, 6) is -0.835. The number of nitrogens with one attached hydrogen (secondary N) is 3. The number of amides is 2. The number of rotatable bonds is 19. The third-order valence-corrected chi connectivity index (χ3v) is 3.85. The number of hydrazine groups is 1. The average Bonchev–Trinajstić information content (AvgIpc) is 2.69. The Bertz CT molecular complexity index is 527. The summed E-state index contributed by atoms with van der Waals surface area (Å²) in [6.07, 6.45) is 1.98. The zero-order valence-electron chi connectivity index (χ0n) is 20.0. The number of carbonyl (C=O) groups excluding carboxylic acids is 3. The van der Waals surface area contributed by atoms with Crippen LogP contribution in [0.15, 0.2) is 0 Å². The zero-order chi connectivity index (χ0) is 24.2. The maximum atomic E-state index is 12.4. The number of hydrogen-bond acceptors (Lipinski definition) is 9. The van der Waals surface area contributed by atoms with E-state index in [1.54, 1.807) is 20.8 Å². The lowest BCUT2D eigenvalue weighted by atomic mass is 10.1. The Labute approximate surface area is 191 Å². The normalized spacial score (nSPS) is 12.3. The molecule has 0 rings (SSSR count). The van der Waals surface area contributed by atoms with Crippen molar-refractivity contribution in [3.63, 3.8) is 0 Å². The quantitative estimate of drug-likeness (QED) is 0.118. The summed E-state index contributed by atoms with van der Waals surface area (Å²) in [6, 6.07) is -0.689. The van der Waals surface area contributed by atoms with Gasteiger partial charge in [0.2, 0.25) is 11.8 Å². The van der Waals surface area contributed by atoms with Gasteiger partial charge in [-0.2, -0.15) is 0 Å². The molecule has 188 valence electrons. The van der Waals surface area contributed by atoms with Crippen LogP contribution in [0.5, 0.6) is 0 Å². The van der Waals surface area contributed by atoms with E-state index in [2.05, 4.69) is 16.2 Å². The van der Waals surface area contributed by atoms with Gasteiger partial charge in [-0.15, -0.1) is 0 Å². The van der Waals surface area contributed by atoms with Crippen molar-refractivity contribution < 1.29 is 33.3 Å². The molecule has 0 saturated carbocycles. The van der Waals surface area contributed by atoms with Crippen LogP contribution in [0.4, 0.5) is 0 Å². The summed E-state index contributed by atoms with van der Waals surface area (Å²) in [4.78, 5) is 35.4. The molecule has 1 unspecified atom stereocenters. The van der Waals surface area contributed by atoms with Crippen LogP contribution in [-0.2, 0) is 33.3 Å². The van der Waals surface area contributed by atoms with Crippen molar-refractivity contribution in [2.75, 3.05) is 52.7 Å². The fourth-order valence-corrected chi connectivity index (χ4v) is 2.38. The highest BCUT2D eigenvalue weighted by molar-refractivity contribution is 5.78. The van der Waals surface area contributed by atoms with Crippen LogP contribution in [0, 0.1) is 0 Å². The highest BCUT2D eigenvalue weighted by Crippen LogP contribution is 2.11. The number of nitrogens with two attached hydrogens (primary N) is 1. The summed E-state index contributed by atoms with van der Waals surface area (Å²) in [5, 5.41) is 2.71. The molecule has 0 aromatic heterocycles. The van der Waals surface area contributed by atoms with Crippen molar-refractivity contribution in [2.45, 2.75) is 65.0 Å². The molecule has 0 aliphatic carbocycles. The first kappa shape index (κ1) is 30.2. The van der Waals surface area contributed by atoms with Crippen molar-refractivity contribution in [3.05, 3.63) is 0 Å². The Hall–Kier alpha value is -1.79. The predicted molar refractivity (Wildman–Crippen MR) is 120 cm³/mol. The molecule has 0 heterocycles. The standard InChI is InChI=1S/C21H42N4O7/c1-17(26)23-10-6-5-7-18(20(28)32-21(2,3)4)24-25-19(27)8-11-29-13-15-31-16-14-30-12-9-22/h18,24H,5-16,22H2,1-4H3,(H,23,26)(H,25,27). The van der Waals surface area contributed by atoms with Crippen molar-refractivity contribution in [2.24, 2.45) is 5.73 Å². The summed E-state index contributed by atoms with van der Waals surface area (Å²) in [7, 11) is 0. The highest BCUT2D eigenvalue weighted by atomic mass is 16.6. The van der Waals surface area contributed by atoms with Gasteiger partial charge in [0.15, 0.2) is 0 Å². The van der Waals surface area contributed by atoms with Gasteiger partial charge < -0.3 is 30.0 Å². The van der Waals surface area contributed by atoms with Crippen LogP contribution >= 0.6 is 0 Å². The number of ether oxygens (including phenoxy) is 4. The third kappa shape index (κ3) is 20.1. The molecule has 5 N–H and O–H groups in total. The molecule has 0 saturated heterocycles. The van der Waals surface area contributed by atoms with Crippen LogP contribution in [0.2, 0.25) is 0 Å². The number of carbonyl (C=O) groups is 3. The van der Waals surface area contributed by atoms with Crippen LogP contribution in [-0.4, -0.2) is 82.2 Å². The van der Waals surface area contributed by atoms with Gasteiger partial charge in [-0.25, -0.2) is 5.43 Å². The summed E-state index contributed by atoms with van der Waals surface area (Å²) in [6.45, 7) is 10.3. The second kappa shape index (κ2) is 18.8. The molecule has 0 aliphatic heterocycles. The van der Waals surface area contributed by atoms with Crippen LogP contribution in [0.1, 0.15) is 53.4 Å². The predicted octanol–water partition coefficient (Wildman–Crippen LogP) is 0.0225. The Balaban J connectivity index is 4.10. The van der Waals surface area contributed by atoms with Gasteiger partial charge in [0, 0.05) is 20.0 Å². The molecule has 11 nitrogen and oxygen atoms in total. The minimum absolute atomic E-state index is 0.0932. The minimum Gasteiger partial charge on any atom is -0.459 e. The van der Waals surface area contributed by atoms with Crippen molar-refractivity contribution >= 4 is 17.8 Å². The van der Waals surface area contributed by atoms with E-state index in [1.165, 1.54) is 6.92 Å². The lowest BCUT2D eigenvalue weighted by Gasteiger charge is -2.24. The molecule has 32 heavy (non-hydrogen) atoms. The SMILES string of the molecule is CC(=O)NCCCCC(NNC(=O)CCOCCOCCOCCN)C(=O)OC(C)(C)C. The largest absolute Gasteiger partial charge is 0.459 e. The van der Waals surface area contributed by atoms with Gasteiger partial charge in [0.25, 0.3) is 0 Å². The molecule has 0 spiro atoms. The molecule has 11 heteroatoms. The molecule has 1 atom stereocenters. The second-order valence-corrected chi connectivity index (χ2v) is 8.13. The molecule has 0 aliphatic rings. The fraction of sp³-hybridized carbons (Fsp3) is 0.857. The maximum absolute atomic E-state index is 12.4. The molecular formula is C21H42N4O7. The first-order valence-electron chi connectivity index (χ1n) is 11.1. The van der Waals surface area contributed by atoms with E-state index in [9.17, 15) is 14.4 Å². The van der Waals surface area contributed by atoms with Crippen molar-refractivity contribution in [1.82, 2.24) is 16.2 Å². The van der Waals surface area contributed by atoms with E-state index in [-0.39, 0.29) is 24.8 Å². The van der Waals surface area contributed by atoms with Gasteiger partial charge in [-0.1, -0.05) is 0 Å². The van der Waals surface area contributed by atoms with E-state index in [0.717, 1.165) is 0 Å². The van der Waals surface area contributed by atoms with Crippen LogP contribution in [0.3, 0.4) is 0 Å². The van der Waals surface area contributed by atoms with E-state index in [4.69, 9.17) is 24.7 Å². The minimum atomic E-state index is -0.689. The maximum Gasteiger partial charge on any atom is 0.325 e. The molecule has 0 bridgehead atoms. The van der Waals surface area contributed by atoms with Gasteiger partial charge in [-0.05, 0) is 40.0 Å². The van der Waals surface area contributed by atoms with Gasteiger partial charge >= 0.3 is 5.97 Å². The Kier molecular flexibility index (Phi) is 17.7. The van der Waals surface area contributed by atoms with Gasteiger partial charge in [0.05, 0.1) is 46.1 Å². The molecule has 2 amide bonds. The summed E-state index contributed by atoms with van der Waals surface area (Å²) in [5.41, 5.74) is 9.98. The second-order valence-electron chi connectivity index (χ2n) is 8.13. The summed E-state index contributed by atoms with van der Waals surface area (Å²) >= 11 is 0. The first-order chi connectivity index (χ1) is 15.2. The Morgan fingerprint density at radius 2 is 1.50 bits per heavy atom. The van der Waals surface area contributed by atoms with Gasteiger partial charge in [0.1, 0.15) is 11.6 Å². The smallest absolute Gasteiger partial charge is 0.325 e. The topological polar surface area (TPSA) is 150 Å². The molecular weight excluding hydrogens is 420 g/mol. The molecule has 0 aromatic rings. The average molecular weight is 463 g/mol. The van der Waals surface area contributed by atoms with E-state index in [0.29, 0.717) is 65.4 Å². The Morgan fingerprint density at radius 3 is 2.06 bits per heavy atom. The molecule has 0 fully saturated rings. The zero-order valence-corrected chi connectivity index (χ0v) is 20.0. The van der Waals surface area contributed by atoms with E-state index < -0.39 is 17.6 Å². The first-order valence-corrected chi connectivity index (χ1v) is 11.1. The monoisotopic (exact) mass is 462 g/mol. The van der Waals surface area contributed by atoms with E-state index >= 15 is 0 Å². The van der Waals surface area contributed by atoms with Crippen LogP contribution < -0.4 is 21.9 Å². The number of esters is 1. The van der Waals surface area contributed by atoms with Crippen LogP contribution in [0.25, 0.3) is 0 Å². The number of unbranched alkanes of at least 4 members (excludes halogenated alkanes) is 1. The van der Waals surface area contributed by atoms with Crippen molar-refractivity contribution in [1.29, 1.82) is 0 Å². The molecule has 0 radical (unpaired) electrons. The summed E-state index contributed by atoms with van der Waals surface area (Å²) < 4.78 is 21.3. The van der Waals surface area contributed by atoms with Crippen molar-refractivity contribution in [3.8, 4) is 0 Å². The lowest BCUT2D eigenvalue weighted by Crippen LogP contribution is -2.50. The highest BCUT2D eigenvalue weighted by Gasteiger charge is 2.25. The number of hydrogen-bond donors (Lipinski definition) is 4. The Morgan fingerprint density at radius 1 is 0.906 bits per heavy atom.